The van der Waals surface area contributed by atoms with E-state index in [2.05, 4.69) is 66.7 Å². The summed E-state index contributed by atoms with van der Waals surface area (Å²) in [4.78, 5) is 84.1. The molecule has 0 aliphatic carbocycles. The zero-order valence-corrected chi connectivity index (χ0v) is 52.4. The molecule has 3 atom stereocenters. The van der Waals surface area contributed by atoms with E-state index < -0.39 is 36.1 Å². The molecule has 0 amide bonds. The molecule has 10 rings (SSSR count). The Kier molecular flexibility index (Phi) is 17.6. The Bertz CT molecular complexity index is 4420. The number of carboxylic acid groups (broad SMARTS) is 4. The number of H-pyrrole nitrogens is 4. The van der Waals surface area contributed by atoms with Crippen molar-refractivity contribution in [3.05, 3.63) is 139 Å². The van der Waals surface area contributed by atoms with Gasteiger partial charge in [-0.1, -0.05) is 6.92 Å². The summed E-state index contributed by atoms with van der Waals surface area (Å²) in [5.74, 6) is -3.74. The largest absolute Gasteiger partial charge is 0.481 e. The van der Waals surface area contributed by atoms with Gasteiger partial charge in [0, 0.05) is 93.1 Å². The van der Waals surface area contributed by atoms with Crippen molar-refractivity contribution in [3.63, 3.8) is 0 Å². The molecule has 16 bridgehead atoms. The zero-order valence-electron chi connectivity index (χ0n) is 52.4. The van der Waals surface area contributed by atoms with Gasteiger partial charge in [-0.15, -0.1) is 0 Å². The molecule has 4 aliphatic rings. The molecule has 458 valence electrons. The molecule has 0 fully saturated rings. The van der Waals surface area contributed by atoms with E-state index in [9.17, 15) is 39.6 Å². The van der Waals surface area contributed by atoms with Gasteiger partial charge in [-0.2, -0.15) is 0 Å². The first-order valence-corrected chi connectivity index (χ1v) is 30.3. The Balaban J connectivity index is 1.20. The number of allylic oxidation sites excluding steroid dienone is 8. The normalized spacial score (nSPS) is 14.6. The Morgan fingerprint density at radius 3 is 1.00 bits per heavy atom. The fourth-order valence-corrected chi connectivity index (χ4v) is 13.3. The van der Waals surface area contributed by atoms with Crippen molar-refractivity contribution >= 4 is 113 Å². The summed E-state index contributed by atoms with van der Waals surface area (Å²) >= 11 is 0. The van der Waals surface area contributed by atoms with Crippen molar-refractivity contribution < 1.29 is 49.1 Å². The number of carbonyl (C=O) groups is 4. The van der Waals surface area contributed by atoms with Gasteiger partial charge < -0.3 is 49.8 Å². The van der Waals surface area contributed by atoms with Gasteiger partial charge in [-0.05, 0) is 236 Å². The van der Waals surface area contributed by atoms with Crippen LogP contribution in [0.15, 0.2) is 48.5 Å². The number of hydrogen-bond donors (Lipinski definition) is 8. The third kappa shape index (κ3) is 12.1. The molecule has 8 N–H and O–H groups in total. The molecular weight excluding hydrogens is 1110 g/mol. The summed E-state index contributed by atoms with van der Waals surface area (Å²) in [6, 6.07) is 16.0. The number of carboxylic acids is 4. The minimum Gasteiger partial charge on any atom is -0.481 e. The lowest BCUT2D eigenvalue weighted by atomic mass is 9.98. The number of fused-ring (bicyclic) bond motifs is 16. The first-order chi connectivity index (χ1) is 41.8. The predicted molar refractivity (Wildman–Crippen MR) is 346 cm³/mol. The summed E-state index contributed by atoms with van der Waals surface area (Å²) in [5, 5.41) is 39.6. The van der Waals surface area contributed by atoms with Gasteiger partial charge >= 0.3 is 23.9 Å². The third-order valence-electron chi connectivity index (χ3n) is 18.1. The van der Waals surface area contributed by atoms with Crippen molar-refractivity contribution in [1.29, 1.82) is 0 Å². The van der Waals surface area contributed by atoms with Gasteiger partial charge in [-0.3, -0.25) is 19.2 Å². The van der Waals surface area contributed by atoms with E-state index >= 15 is 0 Å². The maximum atomic E-state index is 12.2. The molecule has 18 nitrogen and oxygen atoms in total. The lowest BCUT2D eigenvalue weighted by Crippen LogP contribution is -2.07. The quantitative estimate of drug-likeness (QED) is 0.0353. The molecule has 0 saturated carbocycles. The molecule has 3 unspecified atom stereocenters. The minimum absolute atomic E-state index is 0.0939. The SMILES string of the molecule is CCOC(C)c1c(C)c2cc3nc(cc4nc(cc5[nH]c(cc1[nH]2)c(C)c5C(C)OC(C)c1c(C)c2cc5[nH]c(cc6nc(cc7nc(cc1[nH]2)C(C)=C7CCC(=O)O)C(CCC(=O)O)=C6C)c(C)c5CC)C(C)=C4CCC(=O)O)C(CCC(=O)O)=C3C. The second kappa shape index (κ2) is 25.0. The van der Waals surface area contributed by atoms with Gasteiger partial charge in [0.05, 0.1) is 63.9 Å². The highest BCUT2D eigenvalue weighted by molar-refractivity contribution is 5.99. The average Bonchev–Trinajstić information content (AvgIpc) is 2.17. The Morgan fingerprint density at radius 2 is 0.670 bits per heavy atom. The van der Waals surface area contributed by atoms with Crippen molar-refractivity contribution in [2.45, 2.75) is 166 Å². The summed E-state index contributed by atoms with van der Waals surface area (Å²) in [6.07, 6.45) is -0.224. The number of ether oxygens (including phenoxy) is 2. The average molecular weight is 1190 g/mol. The molecule has 0 radical (unpaired) electrons. The summed E-state index contributed by atoms with van der Waals surface area (Å²) < 4.78 is 13.6. The Labute approximate surface area is 510 Å². The van der Waals surface area contributed by atoms with E-state index in [1.807, 2.05) is 91.8 Å². The first-order valence-electron chi connectivity index (χ1n) is 30.3. The van der Waals surface area contributed by atoms with Crippen molar-refractivity contribution in [1.82, 2.24) is 39.9 Å². The molecular formula is C70H78N8O10. The van der Waals surface area contributed by atoms with Gasteiger partial charge in [0.1, 0.15) is 0 Å². The number of aromatic nitrogens is 8. The highest BCUT2D eigenvalue weighted by atomic mass is 16.5. The van der Waals surface area contributed by atoms with Crippen LogP contribution >= 0.6 is 0 Å². The highest BCUT2D eigenvalue weighted by Crippen LogP contribution is 2.43. The lowest BCUT2D eigenvalue weighted by Gasteiger charge is -2.21. The Morgan fingerprint density at radius 1 is 0.386 bits per heavy atom. The topological polar surface area (TPSA) is 282 Å². The lowest BCUT2D eigenvalue weighted by molar-refractivity contribution is -0.137. The van der Waals surface area contributed by atoms with Crippen LogP contribution < -0.4 is 0 Å². The number of nitrogens with zero attached hydrogens (tertiary/aromatic N) is 4. The minimum atomic E-state index is -0.946. The van der Waals surface area contributed by atoms with Crippen LogP contribution in [-0.2, 0) is 35.1 Å². The number of aryl methyl sites for hydroxylation is 5. The van der Waals surface area contributed by atoms with Crippen LogP contribution in [0.4, 0.5) is 0 Å². The highest BCUT2D eigenvalue weighted by Gasteiger charge is 2.28. The van der Waals surface area contributed by atoms with E-state index in [0.717, 1.165) is 140 Å². The standard InChI is InChI=1S/C70H78N8O10/c1-14-43-32(3)48-24-49-33(4)44(16-20-64(79)80)57(72-49)30-59-46(18-22-66(83)84)35(6)51(74-59)27-62-69(38(9)54(77-62)26-56(43)71-48)41(12)88-42(13)70-39(10)55-29-61-68(40(11)87-15-2)37(8)53(76-61)25-50-34(5)45(17-21-65(81)82)58(73-50)31-60-47(19-23-67(85)86)36(7)52(75-60)28-63(70)78-55/h24-31,40-42,71,76-78H,14-23H2,1-13H3,(H,79,80)(H,81,82)(H,83,84)(H,85,86). The van der Waals surface area contributed by atoms with Gasteiger partial charge in [0.25, 0.3) is 0 Å². The fraction of sp³-hybridized carbons (Fsp3) is 0.371. The maximum absolute atomic E-state index is 12.2. The van der Waals surface area contributed by atoms with E-state index in [1.54, 1.807) is 0 Å². The van der Waals surface area contributed by atoms with Crippen molar-refractivity contribution in [3.8, 4) is 0 Å². The second-order valence-corrected chi connectivity index (χ2v) is 23.6. The van der Waals surface area contributed by atoms with Gasteiger partial charge in [0.15, 0.2) is 0 Å². The van der Waals surface area contributed by atoms with Crippen molar-refractivity contribution in [2.24, 2.45) is 0 Å². The number of aliphatic carboxylic acids is 4. The van der Waals surface area contributed by atoms with Crippen LogP contribution in [0.3, 0.4) is 0 Å². The fourth-order valence-electron chi connectivity index (χ4n) is 13.3. The van der Waals surface area contributed by atoms with Crippen LogP contribution in [0.2, 0.25) is 0 Å². The molecule has 0 spiro atoms. The summed E-state index contributed by atoms with van der Waals surface area (Å²) in [5.41, 5.74) is 25.7. The van der Waals surface area contributed by atoms with Crippen LogP contribution in [-0.4, -0.2) is 90.8 Å². The van der Waals surface area contributed by atoms with E-state index in [4.69, 9.17) is 29.4 Å². The molecule has 10 heterocycles. The van der Waals surface area contributed by atoms with E-state index in [1.165, 1.54) is 0 Å². The number of rotatable bonds is 20. The predicted octanol–water partition coefficient (Wildman–Crippen LogP) is 15.9. The molecule has 88 heavy (non-hydrogen) atoms. The number of nitrogens with one attached hydrogen (secondary N) is 4. The second-order valence-electron chi connectivity index (χ2n) is 23.6. The van der Waals surface area contributed by atoms with Crippen molar-refractivity contribution in [2.75, 3.05) is 6.61 Å². The van der Waals surface area contributed by atoms with Gasteiger partial charge in [-0.25, -0.2) is 19.9 Å². The van der Waals surface area contributed by atoms with E-state index in [-0.39, 0.29) is 57.5 Å². The molecule has 0 aromatic carbocycles. The molecule has 6 aromatic heterocycles. The molecule has 0 saturated heterocycles. The number of aromatic amines is 4. The van der Waals surface area contributed by atoms with Crippen LogP contribution in [0.1, 0.15) is 222 Å². The molecule has 6 aromatic rings. The molecule has 18 heteroatoms. The van der Waals surface area contributed by atoms with Gasteiger partial charge in [0.2, 0.25) is 0 Å². The van der Waals surface area contributed by atoms with Crippen LogP contribution in [0.25, 0.3) is 88.7 Å². The first kappa shape index (κ1) is 62.1. The monoisotopic (exact) mass is 1190 g/mol. The number of hydrogen-bond acceptors (Lipinski definition) is 10. The smallest absolute Gasteiger partial charge is 0.303 e. The summed E-state index contributed by atoms with van der Waals surface area (Å²) in [7, 11) is 0. The van der Waals surface area contributed by atoms with Crippen LogP contribution in [0.5, 0.6) is 0 Å². The molecule has 4 aliphatic heterocycles. The summed E-state index contributed by atoms with van der Waals surface area (Å²) in [6.45, 7) is 26.8. The third-order valence-corrected chi connectivity index (χ3v) is 18.1. The zero-order chi connectivity index (χ0) is 63.3. The Hall–Kier alpha value is -9.00. The maximum Gasteiger partial charge on any atom is 0.303 e. The van der Waals surface area contributed by atoms with Crippen LogP contribution in [0, 0.1) is 27.7 Å². The van der Waals surface area contributed by atoms with E-state index in [0.29, 0.717) is 52.2 Å².